The van der Waals surface area contributed by atoms with Crippen LogP contribution in [0.25, 0.3) is 22.1 Å². The van der Waals surface area contributed by atoms with Crippen molar-refractivity contribution in [3.05, 3.63) is 59.4 Å². The van der Waals surface area contributed by atoms with Gasteiger partial charge in [-0.15, -0.1) is 0 Å². The molecule has 0 aliphatic carbocycles. The summed E-state index contributed by atoms with van der Waals surface area (Å²) >= 11 is 0. The number of methoxy groups -OCH3 is 1. The van der Waals surface area contributed by atoms with E-state index in [0.717, 1.165) is 39.0 Å². The van der Waals surface area contributed by atoms with Gasteiger partial charge in [0.05, 0.1) is 6.61 Å². The number of carbonyl (C=O) groups is 1. The number of alkyl carbamates (subject to hydrolysis) is 1. The van der Waals surface area contributed by atoms with Crippen LogP contribution in [0.3, 0.4) is 0 Å². The van der Waals surface area contributed by atoms with Crippen molar-refractivity contribution in [2.75, 3.05) is 7.11 Å². The largest absolute Gasteiger partial charge is 0.461 e. The quantitative estimate of drug-likeness (QED) is 0.513. The number of hydrogen-bond acceptors (Lipinski definition) is 4. The summed E-state index contributed by atoms with van der Waals surface area (Å²) in [6, 6.07) is 14.3. The van der Waals surface area contributed by atoms with Gasteiger partial charge in [0.2, 0.25) is 0 Å². The molecule has 30 heavy (non-hydrogen) atoms. The minimum atomic E-state index is -0.517. The van der Waals surface area contributed by atoms with E-state index < -0.39 is 11.7 Å². The van der Waals surface area contributed by atoms with Gasteiger partial charge in [0.25, 0.3) is 0 Å². The molecule has 0 aliphatic rings. The van der Waals surface area contributed by atoms with E-state index in [4.69, 9.17) is 13.9 Å². The highest BCUT2D eigenvalue weighted by Crippen LogP contribution is 2.33. The Morgan fingerprint density at radius 2 is 1.80 bits per heavy atom. The Labute approximate surface area is 179 Å². The Morgan fingerprint density at radius 3 is 2.47 bits per heavy atom. The average molecular weight is 412 g/mol. The molecule has 0 radical (unpaired) electrons. The molecule has 0 unspecified atom stereocenters. The predicted molar refractivity (Wildman–Crippen MR) is 122 cm³/mol. The number of rotatable bonds is 5. The number of carbonyl (C=O) groups excluding carboxylic acids is 1. The summed E-state index contributed by atoms with van der Waals surface area (Å²) in [7, 11) is 1.69. The van der Waals surface area contributed by atoms with E-state index in [1.54, 1.807) is 7.11 Å². The lowest BCUT2D eigenvalue weighted by Crippen LogP contribution is -2.32. The predicted octanol–water partition coefficient (Wildman–Crippen LogP) is 6.61. The van der Waals surface area contributed by atoms with E-state index in [0.29, 0.717) is 13.2 Å². The van der Waals surface area contributed by atoms with Crippen LogP contribution in [-0.4, -0.2) is 18.8 Å². The molecule has 0 spiro atoms. The molecule has 0 atom stereocenters. The standard InChI is InChI=1S/C23H27NO4.C2H6/c1-15-9-19-11-17(14-26-5)12-20(21(19)27-15)18-8-6-7-16(10-18)13-24-22(25)28-23(2,3)4;1-2/h6-12H,13-14H2,1-5H3,(H,24,25);1-2H3. The van der Waals surface area contributed by atoms with Crippen molar-refractivity contribution < 1.29 is 18.7 Å². The van der Waals surface area contributed by atoms with Crippen molar-refractivity contribution >= 4 is 17.1 Å². The normalized spacial score (nSPS) is 11.0. The van der Waals surface area contributed by atoms with Gasteiger partial charge in [0.15, 0.2) is 0 Å². The van der Waals surface area contributed by atoms with Crippen LogP contribution in [0, 0.1) is 6.92 Å². The molecule has 1 amide bonds. The summed E-state index contributed by atoms with van der Waals surface area (Å²) in [5.41, 5.74) is 4.45. The molecule has 5 heteroatoms. The van der Waals surface area contributed by atoms with Crippen LogP contribution < -0.4 is 5.32 Å². The summed E-state index contributed by atoms with van der Waals surface area (Å²) in [6.07, 6.45) is -0.427. The number of fused-ring (bicyclic) bond motifs is 1. The van der Waals surface area contributed by atoms with Crippen LogP contribution >= 0.6 is 0 Å². The molecule has 0 fully saturated rings. The van der Waals surface area contributed by atoms with E-state index in [2.05, 4.69) is 23.5 Å². The number of amides is 1. The van der Waals surface area contributed by atoms with E-state index in [1.165, 1.54) is 0 Å². The maximum absolute atomic E-state index is 11.9. The van der Waals surface area contributed by atoms with Gasteiger partial charge in [-0.25, -0.2) is 4.79 Å². The van der Waals surface area contributed by atoms with E-state index >= 15 is 0 Å². The van der Waals surface area contributed by atoms with Gasteiger partial charge in [-0.2, -0.15) is 0 Å². The molecule has 0 saturated carbocycles. The van der Waals surface area contributed by atoms with Crippen molar-refractivity contribution in [2.24, 2.45) is 0 Å². The van der Waals surface area contributed by atoms with E-state index in [-0.39, 0.29) is 0 Å². The van der Waals surface area contributed by atoms with Gasteiger partial charge in [-0.05, 0) is 68.7 Å². The fourth-order valence-corrected chi connectivity index (χ4v) is 3.15. The maximum atomic E-state index is 11.9. The van der Waals surface area contributed by atoms with Crippen LogP contribution in [-0.2, 0) is 22.6 Å². The molecule has 162 valence electrons. The molecule has 5 nitrogen and oxygen atoms in total. The van der Waals surface area contributed by atoms with Crippen LogP contribution in [0.2, 0.25) is 0 Å². The fourth-order valence-electron chi connectivity index (χ4n) is 3.15. The van der Waals surface area contributed by atoms with Gasteiger partial charge in [-0.3, -0.25) is 0 Å². The van der Waals surface area contributed by atoms with Crippen molar-refractivity contribution in [2.45, 2.75) is 60.3 Å². The number of ether oxygens (including phenoxy) is 2. The topological polar surface area (TPSA) is 60.7 Å². The molecule has 0 saturated heterocycles. The summed E-state index contributed by atoms with van der Waals surface area (Å²) in [4.78, 5) is 11.9. The van der Waals surface area contributed by atoms with Crippen molar-refractivity contribution in [3.63, 3.8) is 0 Å². The lowest BCUT2D eigenvalue weighted by molar-refractivity contribution is 0.0523. The molecule has 2 aromatic carbocycles. The van der Waals surface area contributed by atoms with Gasteiger partial charge in [0.1, 0.15) is 16.9 Å². The van der Waals surface area contributed by atoms with Crippen LogP contribution in [0.4, 0.5) is 4.79 Å². The first kappa shape index (κ1) is 23.5. The minimum Gasteiger partial charge on any atom is -0.461 e. The first-order chi connectivity index (χ1) is 14.2. The monoisotopic (exact) mass is 411 g/mol. The second-order valence-electron chi connectivity index (χ2n) is 7.91. The van der Waals surface area contributed by atoms with Crippen LogP contribution in [0.1, 0.15) is 51.5 Å². The van der Waals surface area contributed by atoms with Gasteiger partial charge < -0.3 is 19.2 Å². The number of nitrogens with one attached hydrogen (secondary N) is 1. The van der Waals surface area contributed by atoms with E-state index in [1.807, 2.05) is 65.8 Å². The number of aryl methyl sites for hydroxylation is 1. The highest BCUT2D eigenvalue weighted by atomic mass is 16.6. The third-order valence-corrected chi connectivity index (χ3v) is 4.18. The Hall–Kier alpha value is -2.79. The maximum Gasteiger partial charge on any atom is 0.407 e. The lowest BCUT2D eigenvalue weighted by atomic mass is 9.99. The summed E-state index contributed by atoms with van der Waals surface area (Å²) < 4.78 is 16.6. The second-order valence-corrected chi connectivity index (χ2v) is 7.91. The number of furan rings is 1. The Balaban J connectivity index is 0.00000155. The zero-order chi connectivity index (χ0) is 22.3. The van der Waals surface area contributed by atoms with Gasteiger partial charge in [0, 0.05) is 24.6 Å². The van der Waals surface area contributed by atoms with Crippen molar-refractivity contribution in [1.29, 1.82) is 0 Å². The van der Waals surface area contributed by atoms with Crippen LogP contribution in [0.5, 0.6) is 0 Å². The lowest BCUT2D eigenvalue weighted by Gasteiger charge is -2.19. The Kier molecular flexibility index (Phi) is 8.07. The Bertz CT molecular complexity index is 982. The second kappa shape index (κ2) is 10.3. The first-order valence-electron chi connectivity index (χ1n) is 10.3. The molecule has 3 aromatic rings. The van der Waals surface area contributed by atoms with Crippen molar-refractivity contribution in [3.8, 4) is 11.1 Å². The third-order valence-electron chi connectivity index (χ3n) is 4.18. The minimum absolute atomic E-state index is 0.390. The zero-order valence-corrected chi connectivity index (χ0v) is 19.1. The summed E-state index contributed by atoms with van der Waals surface area (Å²) in [6.45, 7) is 12.4. The van der Waals surface area contributed by atoms with Crippen molar-refractivity contribution in [1.82, 2.24) is 5.32 Å². The summed E-state index contributed by atoms with van der Waals surface area (Å²) in [5.74, 6) is 0.869. The van der Waals surface area contributed by atoms with Gasteiger partial charge in [-0.1, -0.05) is 32.0 Å². The highest BCUT2D eigenvalue weighted by Gasteiger charge is 2.16. The first-order valence-corrected chi connectivity index (χ1v) is 10.3. The molecule has 3 rings (SSSR count). The average Bonchev–Trinajstić information content (AvgIpc) is 3.06. The number of hydrogen-bond donors (Lipinski definition) is 1. The smallest absolute Gasteiger partial charge is 0.407 e. The summed E-state index contributed by atoms with van der Waals surface area (Å²) in [5, 5.41) is 3.86. The van der Waals surface area contributed by atoms with Gasteiger partial charge >= 0.3 is 6.09 Å². The Morgan fingerprint density at radius 1 is 1.07 bits per heavy atom. The number of benzene rings is 2. The van der Waals surface area contributed by atoms with E-state index in [9.17, 15) is 4.79 Å². The SMILES string of the molecule is CC.COCc1cc(-c2cccc(CNC(=O)OC(C)(C)C)c2)c2oc(C)cc2c1. The fraction of sp³-hybridized carbons (Fsp3) is 0.400. The molecule has 1 heterocycles. The van der Waals surface area contributed by atoms with Crippen LogP contribution in [0.15, 0.2) is 46.9 Å². The molecule has 1 N–H and O–H groups in total. The molecular weight excluding hydrogens is 378 g/mol. The molecular formula is C25H33NO4. The molecule has 0 aliphatic heterocycles. The highest BCUT2D eigenvalue weighted by molar-refractivity contribution is 5.93. The third kappa shape index (κ3) is 6.36. The molecule has 1 aromatic heterocycles. The molecule has 0 bridgehead atoms. The zero-order valence-electron chi connectivity index (χ0n) is 19.1.